The molecule has 0 unspecified atom stereocenters. The maximum Gasteiger partial charge on any atom is 0.347 e. The molecule has 3 aromatic rings. The van der Waals surface area contributed by atoms with E-state index in [-0.39, 0.29) is 5.69 Å². The highest BCUT2D eigenvalue weighted by molar-refractivity contribution is 5.23. The van der Waals surface area contributed by atoms with Gasteiger partial charge in [-0.2, -0.15) is 10.2 Å². The van der Waals surface area contributed by atoms with E-state index in [2.05, 4.69) is 20.5 Å². The first-order chi connectivity index (χ1) is 12.6. The van der Waals surface area contributed by atoms with Crippen molar-refractivity contribution in [2.75, 3.05) is 6.54 Å². The quantitative estimate of drug-likeness (QED) is 0.575. The predicted molar refractivity (Wildman–Crippen MR) is 96.0 cm³/mol. The Morgan fingerprint density at radius 1 is 1.12 bits per heavy atom. The topological polar surface area (TPSA) is 99.6 Å². The van der Waals surface area contributed by atoms with Crippen LogP contribution >= 0.6 is 0 Å². The van der Waals surface area contributed by atoms with Crippen LogP contribution in [0.1, 0.15) is 18.5 Å². The summed E-state index contributed by atoms with van der Waals surface area (Å²) < 4.78 is 4.10. The summed E-state index contributed by atoms with van der Waals surface area (Å²) in [4.78, 5) is 27.7. The Hall–Kier alpha value is -3.07. The standard InChI is InChI=1S/C17H21N7O2/c1-22-16(25)13-20-24(17(22)26)10-3-2-8-18-12-14-6-4-7-15(21-14)23-11-5-9-19-23/h4-7,9,11,13,18H,2-3,8,10,12H2,1H3. The number of rotatable bonds is 8. The van der Waals surface area contributed by atoms with Crippen molar-refractivity contribution in [3.63, 3.8) is 0 Å². The summed E-state index contributed by atoms with van der Waals surface area (Å²) >= 11 is 0. The zero-order valence-electron chi connectivity index (χ0n) is 14.6. The van der Waals surface area contributed by atoms with Crippen LogP contribution in [0.4, 0.5) is 0 Å². The molecular formula is C17H21N7O2. The highest BCUT2D eigenvalue weighted by Crippen LogP contribution is 2.04. The Bertz CT molecular complexity index is 960. The van der Waals surface area contributed by atoms with E-state index in [0.29, 0.717) is 13.1 Å². The SMILES string of the molecule is Cn1c(=O)cnn(CCCCNCc2cccc(-n3cccn3)n2)c1=O. The molecule has 1 N–H and O–H groups in total. The van der Waals surface area contributed by atoms with Crippen molar-refractivity contribution in [2.24, 2.45) is 7.05 Å². The van der Waals surface area contributed by atoms with E-state index in [1.807, 2.05) is 30.5 Å². The van der Waals surface area contributed by atoms with Crippen LogP contribution in [0.2, 0.25) is 0 Å². The molecule has 0 fully saturated rings. The Balaban J connectivity index is 1.42. The maximum absolute atomic E-state index is 11.9. The van der Waals surface area contributed by atoms with Crippen LogP contribution in [0.3, 0.4) is 0 Å². The zero-order chi connectivity index (χ0) is 18.4. The van der Waals surface area contributed by atoms with Gasteiger partial charge in [0.25, 0.3) is 5.56 Å². The number of unbranched alkanes of at least 4 members (excludes halogenated alkanes) is 1. The lowest BCUT2D eigenvalue weighted by molar-refractivity contribution is 0.482. The third-order valence-corrected chi connectivity index (χ3v) is 3.96. The third kappa shape index (κ3) is 4.31. The van der Waals surface area contributed by atoms with E-state index >= 15 is 0 Å². The number of aryl methyl sites for hydroxylation is 1. The van der Waals surface area contributed by atoms with Gasteiger partial charge in [-0.25, -0.2) is 19.1 Å². The van der Waals surface area contributed by atoms with E-state index in [4.69, 9.17) is 0 Å². The molecule has 0 aliphatic heterocycles. The molecule has 0 radical (unpaired) electrons. The fraction of sp³-hybridized carbons (Fsp3) is 0.353. The summed E-state index contributed by atoms with van der Waals surface area (Å²) in [5.41, 5.74) is 0.164. The van der Waals surface area contributed by atoms with Gasteiger partial charge in [-0.3, -0.25) is 9.36 Å². The first kappa shape index (κ1) is 17.7. The van der Waals surface area contributed by atoms with Gasteiger partial charge >= 0.3 is 5.69 Å². The smallest absolute Gasteiger partial charge is 0.311 e. The van der Waals surface area contributed by atoms with Crippen molar-refractivity contribution >= 4 is 0 Å². The summed E-state index contributed by atoms with van der Waals surface area (Å²) in [7, 11) is 1.45. The Morgan fingerprint density at radius 2 is 2.00 bits per heavy atom. The minimum absolute atomic E-state index is 0.384. The lowest BCUT2D eigenvalue weighted by Crippen LogP contribution is -2.39. The molecule has 0 amide bonds. The fourth-order valence-electron chi connectivity index (χ4n) is 2.50. The molecule has 0 aliphatic rings. The fourth-order valence-corrected chi connectivity index (χ4v) is 2.50. The number of pyridine rings is 1. The number of nitrogens with zero attached hydrogens (tertiary/aromatic N) is 6. The van der Waals surface area contributed by atoms with Crippen molar-refractivity contribution in [3.8, 4) is 5.82 Å². The summed E-state index contributed by atoms with van der Waals surface area (Å²) in [5, 5.41) is 11.4. The summed E-state index contributed by atoms with van der Waals surface area (Å²) in [5.74, 6) is 0.787. The molecule has 0 atom stereocenters. The Morgan fingerprint density at radius 3 is 2.81 bits per heavy atom. The van der Waals surface area contributed by atoms with Gasteiger partial charge in [0.15, 0.2) is 5.82 Å². The second kappa shape index (κ2) is 8.34. The van der Waals surface area contributed by atoms with Crippen molar-refractivity contribution in [2.45, 2.75) is 25.9 Å². The molecule has 9 heteroatoms. The van der Waals surface area contributed by atoms with Crippen LogP contribution in [-0.2, 0) is 20.1 Å². The monoisotopic (exact) mass is 355 g/mol. The molecule has 0 saturated heterocycles. The second-order valence-corrected chi connectivity index (χ2v) is 5.87. The largest absolute Gasteiger partial charge is 0.347 e. The van der Waals surface area contributed by atoms with Crippen LogP contribution in [0, 0.1) is 0 Å². The van der Waals surface area contributed by atoms with Crippen molar-refractivity contribution < 1.29 is 0 Å². The summed E-state index contributed by atoms with van der Waals surface area (Å²) in [6, 6.07) is 7.69. The number of hydrogen-bond acceptors (Lipinski definition) is 6. The predicted octanol–water partition coefficient (Wildman–Crippen LogP) is 0.0927. The summed E-state index contributed by atoms with van der Waals surface area (Å²) in [6.07, 6.45) is 6.42. The molecule has 26 heavy (non-hydrogen) atoms. The van der Waals surface area contributed by atoms with Gasteiger partial charge in [0, 0.05) is 32.5 Å². The molecule has 3 rings (SSSR count). The van der Waals surface area contributed by atoms with E-state index in [1.54, 1.807) is 10.9 Å². The van der Waals surface area contributed by atoms with Crippen LogP contribution in [0.5, 0.6) is 0 Å². The molecule has 3 aromatic heterocycles. The minimum atomic E-state index is -0.391. The van der Waals surface area contributed by atoms with Crippen LogP contribution in [0.25, 0.3) is 5.82 Å². The highest BCUT2D eigenvalue weighted by Gasteiger charge is 2.03. The number of nitrogens with one attached hydrogen (secondary N) is 1. The van der Waals surface area contributed by atoms with Crippen LogP contribution < -0.4 is 16.6 Å². The molecule has 9 nitrogen and oxygen atoms in total. The highest BCUT2D eigenvalue weighted by atomic mass is 16.2. The zero-order valence-corrected chi connectivity index (χ0v) is 14.6. The van der Waals surface area contributed by atoms with E-state index in [0.717, 1.165) is 41.7 Å². The van der Waals surface area contributed by atoms with E-state index in [1.165, 1.54) is 11.7 Å². The van der Waals surface area contributed by atoms with Gasteiger partial charge in [-0.15, -0.1) is 0 Å². The Kier molecular flexibility index (Phi) is 5.69. The third-order valence-electron chi connectivity index (χ3n) is 3.96. The molecule has 0 saturated carbocycles. The van der Waals surface area contributed by atoms with Crippen LogP contribution in [0.15, 0.2) is 52.4 Å². The van der Waals surface area contributed by atoms with Crippen LogP contribution in [-0.4, -0.2) is 35.7 Å². The Labute approximate surface area is 149 Å². The molecular weight excluding hydrogens is 334 g/mol. The number of aromatic nitrogens is 6. The van der Waals surface area contributed by atoms with Crippen molar-refractivity contribution in [3.05, 3.63) is 69.4 Å². The average Bonchev–Trinajstić information content (AvgIpc) is 3.19. The lowest BCUT2D eigenvalue weighted by atomic mass is 10.3. The number of hydrogen-bond donors (Lipinski definition) is 1. The normalized spacial score (nSPS) is 11.0. The van der Waals surface area contributed by atoms with Gasteiger partial charge in [0.1, 0.15) is 6.20 Å². The molecule has 0 aromatic carbocycles. The summed E-state index contributed by atoms with van der Waals surface area (Å²) in [6.45, 7) is 1.95. The molecule has 136 valence electrons. The maximum atomic E-state index is 11.9. The van der Waals surface area contributed by atoms with Crippen molar-refractivity contribution in [1.29, 1.82) is 0 Å². The van der Waals surface area contributed by atoms with Gasteiger partial charge in [0.05, 0.1) is 5.69 Å². The van der Waals surface area contributed by atoms with Gasteiger partial charge < -0.3 is 5.32 Å². The van der Waals surface area contributed by atoms with Crippen molar-refractivity contribution in [1.82, 2.24) is 34.4 Å². The molecule has 0 bridgehead atoms. The van der Waals surface area contributed by atoms with Gasteiger partial charge in [0.2, 0.25) is 0 Å². The molecule has 3 heterocycles. The van der Waals surface area contributed by atoms with Gasteiger partial charge in [-0.1, -0.05) is 6.07 Å². The molecule has 0 aliphatic carbocycles. The average molecular weight is 355 g/mol. The van der Waals surface area contributed by atoms with E-state index < -0.39 is 5.56 Å². The molecule has 0 spiro atoms. The first-order valence-electron chi connectivity index (χ1n) is 8.45. The minimum Gasteiger partial charge on any atom is -0.311 e. The second-order valence-electron chi connectivity index (χ2n) is 5.87. The van der Waals surface area contributed by atoms with Gasteiger partial charge in [-0.05, 0) is 37.6 Å². The lowest BCUT2D eigenvalue weighted by Gasteiger charge is -2.07. The van der Waals surface area contributed by atoms with E-state index in [9.17, 15) is 9.59 Å². The first-order valence-corrected chi connectivity index (χ1v) is 8.45.